The van der Waals surface area contributed by atoms with Gasteiger partial charge in [0.15, 0.2) is 0 Å². The van der Waals surface area contributed by atoms with Crippen molar-refractivity contribution in [1.29, 1.82) is 0 Å². The minimum absolute atomic E-state index is 0.0702. The van der Waals surface area contributed by atoms with E-state index in [1.54, 1.807) is 36.4 Å². The Balaban J connectivity index is 1.47. The Morgan fingerprint density at radius 1 is 0.946 bits per heavy atom. The van der Waals surface area contributed by atoms with Gasteiger partial charge >= 0.3 is 5.69 Å². The lowest BCUT2D eigenvalue weighted by Crippen LogP contribution is -2.40. The van der Waals surface area contributed by atoms with Gasteiger partial charge in [-0.3, -0.25) is 28.8 Å². The summed E-state index contributed by atoms with van der Waals surface area (Å²) in [5, 5.41) is 14.4. The quantitative estimate of drug-likeness (QED) is 0.264. The number of non-ortho nitro benzene ring substituents is 1. The third kappa shape index (κ3) is 6.19. The Morgan fingerprint density at radius 3 is 2.46 bits per heavy atom. The molecule has 0 radical (unpaired) electrons. The molecule has 1 aromatic heterocycles. The molecule has 1 amide bonds. The SMILES string of the molecule is Cc1ccc(CCNC(=O)CCCn2c(=O)c3ccccc3n(Cc3cccc([N+](=O)[O-])c3)c2=O)cc1. The molecule has 4 rings (SSSR count). The summed E-state index contributed by atoms with van der Waals surface area (Å²) in [6.07, 6.45) is 1.22. The zero-order chi connectivity index (χ0) is 26.4. The van der Waals surface area contributed by atoms with E-state index in [4.69, 9.17) is 0 Å². The van der Waals surface area contributed by atoms with E-state index in [0.717, 1.165) is 16.6 Å². The molecule has 0 saturated carbocycles. The van der Waals surface area contributed by atoms with E-state index in [2.05, 4.69) is 5.32 Å². The van der Waals surface area contributed by atoms with E-state index in [-0.39, 0.29) is 31.1 Å². The molecule has 3 aromatic carbocycles. The molecule has 9 heteroatoms. The number of aromatic nitrogens is 2. The van der Waals surface area contributed by atoms with Gasteiger partial charge in [-0.15, -0.1) is 0 Å². The Kier molecular flexibility index (Phi) is 7.92. The van der Waals surface area contributed by atoms with Gasteiger partial charge < -0.3 is 5.32 Å². The molecular weight excluding hydrogens is 472 g/mol. The first kappa shape index (κ1) is 25.6. The molecule has 0 atom stereocenters. The van der Waals surface area contributed by atoms with Crippen LogP contribution in [0.1, 0.15) is 29.5 Å². The first-order valence-electron chi connectivity index (χ1n) is 12.1. The van der Waals surface area contributed by atoms with Crippen molar-refractivity contribution < 1.29 is 9.72 Å². The third-order valence-corrected chi connectivity index (χ3v) is 6.24. The van der Waals surface area contributed by atoms with Gasteiger partial charge in [0, 0.05) is 31.6 Å². The Hall–Kier alpha value is -4.53. The van der Waals surface area contributed by atoms with Crippen molar-refractivity contribution in [3.8, 4) is 0 Å². The molecule has 0 bridgehead atoms. The highest BCUT2D eigenvalue weighted by atomic mass is 16.6. The standard InChI is InChI=1S/C28H28N4O5/c1-20-11-13-21(14-12-20)15-16-29-26(33)10-5-17-30-27(34)24-8-2-3-9-25(24)31(28(30)35)19-22-6-4-7-23(18-22)32(36)37/h2-4,6-9,11-14,18H,5,10,15-17,19H2,1H3,(H,29,33). The molecular formula is C28H28N4O5. The monoisotopic (exact) mass is 500 g/mol. The Bertz CT molecular complexity index is 1550. The number of benzene rings is 3. The average molecular weight is 501 g/mol. The maximum absolute atomic E-state index is 13.3. The molecule has 0 unspecified atom stereocenters. The predicted octanol–water partition coefficient (Wildman–Crippen LogP) is 3.57. The first-order valence-corrected chi connectivity index (χ1v) is 12.1. The summed E-state index contributed by atoms with van der Waals surface area (Å²) in [6, 6.07) is 21.0. The summed E-state index contributed by atoms with van der Waals surface area (Å²) < 4.78 is 2.58. The van der Waals surface area contributed by atoms with Crippen LogP contribution in [0.15, 0.2) is 82.4 Å². The number of carbonyl (C=O) groups is 1. The summed E-state index contributed by atoms with van der Waals surface area (Å²) in [6.45, 7) is 2.69. The highest BCUT2D eigenvalue weighted by Crippen LogP contribution is 2.16. The zero-order valence-electron chi connectivity index (χ0n) is 20.6. The molecule has 190 valence electrons. The lowest BCUT2D eigenvalue weighted by molar-refractivity contribution is -0.384. The van der Waals surface area contributed by atoms with E-state index in [1.807, 2.05) is 31.2 Å². The Morgan fingerprint density at radius 2 is 1.70 bits per heavy atom. The van der Waals surface area contributed by atoms with Crippen LogP contribution in [0.2, 0.25) is 0 Å². The number of nitro benzene ring substituents is 1. The van der Waals surface area contributed by atoms with Crippen LogP contribution in [0.25, 0.3) is 10.9 Å². The predicted molar refractivity (Wildman–Crippen MR) is 142 cm³/mol. The van der Waals surface area contributed by atoms with E-state index in [0.29, 0.717) is 29.4 Å². The number of nitrogens with zero attached hydrogens (tertiary/aromatic N) is 3. The van der Waals surface area contributed by atoms with Crippen LogP contribution in [0.5, 0.6) is 0 Å². The molecule has 9 nitrogen and oxygen atoms in total. The number of aryl methyl sites for hydroxylation is 1. The number of hydrogen-bond donors (Lipinski definition) is 1. The lowest BCUT2D eigenvalue weighted by Gasteiger charge is -2.14. The van der Waals surface area contributed by atoms with Gasteiger partial charge in [0.25, 0.3) is 11.2 Å². The van der Waals surface area contributed by atoms with Crippen molar-refractivity contribution in [2.24, 2.45) is 0 Å². The number of para-hydroxylation sites is 1. The maximum Gasteiger partial charge on any atom is 0.331 e. The number of rotatable bonds is 10. The smallest absolute Gasteiger partial charge is 0.331 e. The van der Waals surface area contributed by atoms with Crippen LogP contribution in [0, 0.1) is 17.0 Å². The molecule has 4 aromatic rings. The molecule has 0 aliphatic carbocycles. The molecule has 0 spiro atoms. The van der Waals surface area contributed by atoms with Gasteiger partial charge in [-0.1, -0.05) is 54.1 Å². The van der Waals surface area contributed by atoms with Gasteiger partial charge in [-0.2, -0.15) is 0 Å². The summed E-state index contributed by atoms with van der Waals surface area (Å²) in [7, 11) is 0. The van der Waals surface area contributed by atoms with Crippen LogP contribution in [-0.2, 0) is 24.3 Å². The highest BCUT2D eigenvalue weighted by molar-refractivity contribution is 5.78. The van der Waals surface area contributed by atoms with Crippen molar-refractivity contribution >= 4 is 22.5 Å². The molecule has 1 N–H and O–H groups in total. The van der Waals surface area contributed by atoms with Gasteiger partial charge in [-0.05, 0) is 43.0 Å². The normalized spacial score (nSPS) is 10.9. The van der Waals surface area contributed by atoms with Crippen molar-refractivity contribution in [2.75, 3.05) is 6.54 Å². The van der Waals surface area contributed by atoms with Gasteiger partial charge in [0.05, 0.1) is 22.4 Å². The van der Waals surface area contributed by atoms with E-state index in [9.17, 15) is 24.5 Å². The topological polar surface area (TPSA) is 116 Å². The fourth-order valence-corrected chi connectivity index (χ4v) is 4.26. The Labute approximate surface area is 213 Å². The molecule has 1 heterocycles. The molecule has 0 fully saturated rings. The van der Waals surface area contributed by atoms with Gasteiger partial charge in [0.1, 0.15) is 0 Å². The van der Waals surface area contributed by atoms with E-state index in [1.165, 1.54) is 22.3 Å². The highest BCUT2D eigenvalue weighted by Gasteiger charge is 2.15. The van der Waals surface area contributed by atoms with Crippen LogP contribution >= 0.6 is 0 Å². The van der Waals surface area contributed by atoms with Crippen molar-refractivity contribution in [3.63, 3.8) is 0 Å². The van der Waals surface area contributed by atoms with Crippen LogP contribution in [-0.4, -0.2) is 26.5 Å². The first-order chi connectivity index (χ1) is 17.8. The molecule has 0 aliphatic heterocycles. The third-order valence-electron chi connectivity index (χ3n) is 6.24. The van der Waals surface area contributed by atoms with Crippen LogP contribution in [0.3, 0.4) is 0 Å². The zero-order valence-corrected chi connectivity index (χ0v) is 20.6. The van der Waals surface area contributed by atoms with E-state index < -0.39 is 16.2 Å². The number of amides is 1. The van der Waals surface area contributed by atoms with Crippen LogP contribution in [0.4, 0.5) is 5.69 Å². The lowest BCUT2D eigenvalue weighted by atomic mass is 10.1. The van der Waals surface area contributed by atoms with Gasteiger partial charge in [0.2, 0.25) is 5.91 Å². The minimum atomic E-state index is -0.519. The number of carbonyl (C=O) groups excluding carboxylic acids is 1. The average Bonchev–Trinajstić information content (AvgIpc) is 2.90. The number of fused-ring (bicyclic) bond motifs is 1. The van der Waals surface area contributed by atoms with Gasteiger partial charge in [-0.25, -0.2) is 4.79 Å². The van der Waals surface area contributed by atoms with E-state index >= 15 is 0 Å². The second kappa shape index (κ2) is 11.5. The summed E-state index contributed by atoms with van der Waals surface area (Å²) in [5.41, 5.74) is 2.33. The summed E-state index contributed by atoms with van der Waals surface area (Å²) in [4.78, 5) is 49.4. The van der Waals surface area contributed by atoms with Crippen molar-refractivity contribution in [1.82, 2.24) is 14.5 Å². The fourth-order valence-electron chi connectivity index (χ4n) is 4.26. The molecule has 37 heavy (non-hydrogen) atoms. The summed E-state index contributed by atoms with van der Waals surface area (Å²) in [5.74, 6) is -0.141. The van der Waals surface area contributed by atoms with Crippen molar-refractivity contribution in [2.45, 2.75) is 39.3 Å². The van der Waals surface area contributed by atoms with Crippen molar-refractivity contribution in [3.05, 3.63) is 120 Å². The number of nitro groups is 1. The summed E-state index contributed by atoms with van der Waals surface area (Å²) >= 11 is 0. The largest absolute Gasteiger partial charge is 0.356 e. The minimum Gasteiger partial charge on any atom is -0.356 e. The number of nitrogens with one attached hydrogen (secondary N) is 1. The second-order valence-corrected chi connectivity index (χ2v) is 8.96. The second-order valence-electron chi connectivity index (χ2n) is 8.96. The molecule has 0 saturated heterocycles. The number of hydrogen-bond acceptors (Lipinski definition) is 5. The fraction of sp³-hybridized carbons (Fsp3) is 0.250. The van der Waals surface area contributed by atoms with Crippen LogP contribution < -0.4 is 16.6 Å². The molecule has 0 aliphatic rings. The maximum atomic E-state index is 13.3.